The van der Waals surface area contributed by atoms with Crippen molar-refractivity contribution < 1.29 is 138 Å². The molecule has 5 heterocycles. The third-order valence-corrected chi connectivity index (χ3v) is 10.6. The van der Waals surface area contributed by atoms with Crippen LogP contribution < -0.4 is 0 Å². The van der Waals surface area contributed by atoms with Crippen LogP contribution in [0.2, 0.25) is 0 Å². The smallest absolute Gasteiger partial charge is 0.394 e. The lowest BCUT2D eigenvalue weighted by Gasteiger charge is -2.49. The van der Waals surface area contributed by atoms with Crippen molar-refractivity contribution in [3.8, 4) is 0 Å². The number of phosphoric ester groups is 1. The highest BCUT2D eigenvalue weighted by Crippen LogP contribution is 2.39. The Morgan fingerprint density at radius 2 is 0.914 bits per heavy atom. The largest absolute Gasteiger partial charge is 0.469 e. The van der Waals surface area contributed by atoms with Crippen molar-refractivity contribution in [1.82, 2.24) is 0 Å². The second-order valence-electron chi connectivity index (χ2n) is 14.1. The molecule has 24 atom stereocenters. The molecule has 0 aliphatic carbocycles. The van der Waals surface area contributed by atoms with Crippen LogP contribution in [0.3, 0.4) is 0 Å². The quantitative estimate of drug-likeness (QED) is 0.0720. The number of rotatable bonds is 14. The number of aliphatic hydroxyl groups excluding tert-OH is 15. The molecule has 0 radical (unpaired) electrons. The van der Waals surface area contributed by atoms with Gasteiger partial charge in [0.15, 0.2) is 31.5 Å². The Balaban J connectivity index is 1.40. The van der Waals surface area contributed by atoms with Gasteiger partial charge in [-0.3, -0.25) is 4.52 Å². The van der Waals surface area contributed by atoms with Crippen LogP contribution in [0.25, 0.3) is 0 Å². The maximum absolute atomic E-state index is 11.5. The lowest BCUT2D eigenvalue weighted by atomic mass is 9.95. The van der Waals surface area contributed by atoms with Gasteiger partial charge in [0.25, 0.3) is 0 Å². The number of phosphoric acid groups is 1. The van der Waals surface area contributed by atoms with Crippen molar-refractivity contribution in [2.24, 2.45) is 0 Å². The number of hydrogen-bond donors (Lipinski definition) is 17. The van der Waals surface area contributed by atoms with E-state index in [1.165, 1.54) is 0 Å². The molecular weight excluding hydrogens is 827 g/mol. The van der Waals surface area contributed by atoms with Gasteiger partial charge in [-0.05, 0) is 0 Å². The highest BCUT2D eigenvalue weighted by Gasteiger charge is 2.56. The molecule has 0 amide bonds. The third-order valence-electron chi connectivity index (χ3n) is 10.2. The van der Waals surface area contributed by atoms with Gasteiger partial charge in [0.05, 0.1) is 33.0 Å². The van der Waals surface area contributed by atoms with Gasteiger partial charge in [-0.2, -0.15) is 0 Å². The second kappa shape index (κ2) is 20.1. The first kappa shape index (κ1) is 48.2. The molecule has 1 unspecified atom stereocenters. The van der Waals surface area contributed by atoms with Crippen molar-refractivity contribution in [3.05, 3.63) is 0 Å². The van der Waals surface area contributed by atoms with Crippen LogP contribution >= 0.6 is 7.82 Å². The first-order valence-corrected chi connectivity index (χ1v) is 19.3. The Bertz CT molecular complexity index is 1330. The summed E-state index contributed by atoms with van der Waals surface area (Å²) in [5, 5.41) is 157. The van der Waals surface area contributed by atoms with E-state index in [-0.39, 0.29) is 0 Å². The highest BCUT2D eigenvalue weighted by atomic mass is 31.2. The van der Waals surface area contributed by atoms with E-state index in [2.05, 4.69) is 4.52 Å². The van der Waals surface area contributed by atoms with E-state index < -0.39 is 188 Å². The predicted octanol–water partition coefficient (Wildman–Crippen LogP) is -11.2. The van der Waals surface area contributed by atoms with E-state index >= 15 is 0 Å². The first-order chi connectivity index (χ1) is 27.2. The maximum Gasteiger partial charge on any atom is 0.469 e. The summed E-state index contributed by atoms with van der Waals surface area (Å²) in [5.41, 5.74) is 0. The van der Waals surface area contributed by atoms with Crippen molar-refractivity contribution in [3.63, 3.8) is 0 Å². The molecule has 5 aliphatic heterocycles. The molecule has 0 aromatic heterocycles. The van der Waals surface area contributed by atoms with E-state index in [4.69, 9.17) is 42.6 Å². The summed E-state index contributed by atoms with van der Waals surface area (Å²) < 4.78 is 65.3. The zero-order chi connectivity index (χ0) is 43.0. The fourth-order valence-electron chi connectivity index (χ4n) is 6.87. The SMILES string of the molecule is O=P(O)(O)OC[C@H]1O[C@@H](O[C@H]2[C@H](O)[C@H](O)C(O)O[C@@H]2CO)[C@H](O)[C@@H](O[C@@H]2O[C@H](CO)[C@H](O)[C@H](O[C@@H]3O[C@H](CO)[C@H](O)[C@H](O)[C@H]3O[C@@H]3OC[C@@H](O)[C@@H](O)[C@@H]3O)[C@H]2O)[C@H]1O. The van der Waals surface area contributed by atoms with Crippen molar-refractivity contribution >= 4 is 7.82 Å². The minimum absolute atomic E-state index is 0.571. The van der Waals surface area contributed by atoms with Gasteiger partial charge in [0, 0.05) is 0 Å². The minimum Gasteiger partial charge on any atom is -0.394 e. The molecule has 29 heteroatoms. The average Bonchev–Trinajstić information content (AvgIpc) is 3.18. The third kappa shape index (κ3) is 10.5. The number of ether oxygens (including phenoxy) is 9. The number of hydrogen-bond acceptors (Lipinski definition) is 26. The van der Waals surface area contributed by atoms with E-state index in [1.807, 2.05) is 0 Å². The fourth-order valence-corrected chi connectivity index (χ4v) is 7.22. The molecular formula is C29H51O28P. The summed E-state index contributed by atoms with van der Waals surface area (Å²) in [6.45, 7) is -4.64. The molecule has 58 heavy (non-hydrogen) atoms. The van der Waals surface area contributed by atoms with Crippen LogP contribution in [0, 0.1) is 0 Å². The first-order valence-electron chi connectivity index (χ1n) is 17.8. The molecule has 17 N–H and O–H groups in total. The standard InChI is InChI=1S/C29H51O28P/c30-1-7-12(35)15(38)24(57-26-18(41)11(34)6(33)4-48-26)29(52-7)56-22-13(36)8(2-31)51-27(19(22)42)55-23-14(37)10(5-49-58(45,46)47)53-28(20(23)43)54-21-9(3-32)50-25(44)17(40)16(21)39/h6-44H,1-5H2,(H2,45,46,47)/t6-,7-,8-,9-,10-,11-,12+,13+,14+,15+,16-,17+,18+,19-,20-,21-,22+,23+,24-,25?,26+,27+,28+,29+/m1/s1. The summed E-state index contributed by atoms with van der Waals surface area (Å²) in [6, 6.07) is 0. The molecule has 0 saturated carbocycles. The van der Waals surface area contributed by atoms with Crippen LogP contribution in [0.4, 0.5) is 0 Å². The van der Waals surface area contributed by atoms with Gasteiger partial charge in [0.2, 0.25) is 0 Å². The van der Waals surface area contributed by atoms with Crippen molar-refractivity contribution in [2.45, 2.75) is 147 Å². The Morgan fingerprint density at radius 3 is 1.48 bits per heavy atom. The van der Waals surface area contributed by atoms with Crippen molar-refractivity contribution in [2.75, 3.05) is 33.0 Å². The summed E-state index contributed by atoms with van der Waals surface area (Å²) in [4.78, 5) is 18.6. The molecule has 5 aliphatic rings. The summed E-state index contributed by atoms with van der Waals surface area (Å²) in [6.07, 6.45) is -46.8. The van der Waals surface area contributed by atoms with E-state index in [1.54, 1.807) is 0 Å². The molecule has 5 saturated heterocycles. The van der Waals surface area contributed by atoms with Crippen molar-refractivity contribution in [1.29, 1.82) is 0 Å². The van der Waals surface area contributed by atoms with Gasteiger partial charge >= 0.3 is 7.82 Å². The normalized spacial score (nSPS) is 50.8. The summed E-state index contributed by atoms with van der Waals surface area (Å²) in [7, 11) is -5.26. The van der Waals surface area contributed by atoms with Gasteiger partial charge < -0.3 is 129 Å². The molecule has 5 fully saturated rings. The topological polar surface area (TPSA) is 453 Å². The molecule has 0 spiro atoms. The van der Waals surface area contributed by atoms with E-state index in [9.17, 15) is 90.9 Å². The second-order valence-corrected chi connectivity index (χ2v) is 15.3. The molecule has 0 bridgehead atoms. The van der Waals surface area contributed by atoms with Crippen LogP contribution in [0.5, 0.6) is 0 Å². The molecule has 0 aromatic carbocycles. The highest BCUT2D eigenvalue weighted by molar-refractivity contribution is 7.46. The van der Waals surface area contributed by atoms with Crippen LogP contribution in [0.15, 0.2) is 0 Å². The van der Waals surface area contributed by atoms with Crippen LogP contribution in [-0.2, 0) is 51.7 Å². The molecule has 340 valence electrons. The lowest BCUT2D eigenvalue weighted by Crippen LogP contribution is -2.68. The van der Waals surface area contributed by atoms with Gasteiger partial charge in [-0.1, -0.05) is 0 Å². The van der Waals surface area contributed by atoms with Gasteiger partial charge in [-0.25, -0.2) is 4.57 Å². The Morgan fingerprint density at radius 1 is 0.448 bits per heavy atom. The van der Waals surface area contributed by atoms with Gasteiger partial charge in [0.1, 0.15) is 116 Å². The number of aliphatic hydroxyl groups is 15. The Labute approximate surface area is 326 Å². The average molecular weight is 879 g/mol. The Kier molecular flexibility index (Phi) is 16.7. The zero-order valence-electron chi connectivity index (χ0n) is 29.9. The summed E-state index contributed by atoms with van der Waals surface area (Å²) in [5.74, 6) is 0. The maximum atomic E-state index is 11.5. The molecule has 0 aromatic rings. The summed E-state index contributed by atoms with van der Waals surface area (Å²) >= 11 is 0. The minimum atomic E-state index is -5.26. The van der Waals surface area contributed by atoms with E-state index in [0.29, 0.717) is 0 Å². The zero-order valence-corrected chi connectivity index (χ0v) is 30.8. The monoisotopic (exact) mass is 878 g/mol. The van der Waals surface area contributed by atoms with Gasteiger partial charge in [-0.15, -0.1) is 0 Å². The van der Waals surface area contributed by atoms with Crippen LogP contribution in [-0.4, -0.2) is 267 Å². The predicted molar refractivity (Wildman–Crippen MR) is 171 cm³/mol. The Hall–Kier alpha value is -0.850. The molecule has 28 nitrogen and oxygen atoms in total. The lowest BCUT2D eigenvalue weighted by molar-refractivity contribution is -0.397. The fraction of sp³-hybridized carbons (Fsp3) is 1.00. The van der Waals surface area contributed by atoms with E-state index in [0.717, 1.165) is 0 Å². The molecule has 5 rings (SSSR count). The van der Waals surface area contributed by atoms with Crippen LogP contribution in [0.1, 0.15) is 0 Å².